The third-order valence-electron chi connectivity index (χ3n) is 3.84. The summed E-state index contributed by atoms with van der Waals surface area (Å²) in [5.74, 6) is 0. The van der Waals surface area contributed by atoms with E-state index in [1.807, 2.05) is 40.7 Å². The molecule has 1 saturated heterocycles. The van der Waals surface area contributed by atoms with E-state index in [1.54, 1.807) is 6.07 Å². The van der Waals surface area contributed by atoms with Crippen molar-refractivity contribution in [3.05, 3.63) is 22.8 Å². The minimum Gasteiger partial charge on any atom is -0.398 e. The summed E-state index contributed by atoms with van der Waals surface area (Å²) in [6.07, 6.45) is 0. The van der Waals surface area contributed by atoms with Gasteiger partial charge in [0.25, 0.3) is 0 Å². The highest BCUT2D eigenvalue weighted by Crippen LogP contribution is 2.36. The van der Waals surface area contributed by atoms with Crippen LogP contribution in [0.25, 0.3) is 0 Å². The molecule has 19 heavy (non-hydrogen) atoms. The summed E-state index contributed by atoms with van der Waals surface area (Å²) in [4.78, 5) is 4.48. The van der Waals surface area contributed by atoms with Crippen molar-refractivity contribution < 1.29 is 9.31 Å². The zero-order valence-electron chi connectivity index (χ0n) is 12.0. The van der Waals surface area contributed by atoms with Crippen LogP contribution in [0.3, 0.4) is 0 Å². The Morgan fingerprint density at radius 1 is 1.21 bits per heavy atom. The first kappa shape index (κ1) is 14.8. The van der Waals surface area contributed by atoms with Crippen molar-refractivity contribution in [2.24, 2.45) is 5.73 Å². The Labute approximate surface area is 119 Å². The molecular formula is C13H20BClN2O2. The van der Waals surface area contributed by atoms with E-state index in [2.05, 4.69) is 4.98 Å². The predicted molar refractivity (Wildman–Crippen MR) is 77.6 cm³/mol. The van der Waals surface area contributed by atoms with E-state index in [0.29, 0.717) is 10.6 Å². The van der Waals surface area contributed by atoms with Crippen LogP contribution >= 0.6 is 11.6 Å². The van der Waals surface area contributed by atoms with Crippen LogP contribution < -0.4 is 11.3 Å². The fraction of sp³-hybridized carbons (Fsp3) is 0.615. The normalized spacial score (nSPS) is 22.6. The molecule has 1 aliphatic heterocycles. The summed E-state index contributed by atoms with van der Waals surface area (Å²) < 4.78 is 11.9. The average molecular weight is 283 g/mol. The fourth-order valence-electron chi connectivity index (χ4n) is 1.85. The second-order valence-corrected chi connectivity index (χ2v) is 6.39. The molecule has 1 atom stereocenters. The zero-order chi connectivity index (χ0) is 14.4. The highest BCUT2D eigenvalue weighted by Gasteiger charge is 2.53. The Morgan fingerprint density at radius 2 is 1.74 bits per heavy atom. The number of nitrogens with zero attached hydrogens (tertiary/aromatic N) is 1. The second kappa shape index (κ2) is 4.74. The van der Waals surface area contributed by atoms with Crippen LogP contribution in [-0.2, 0) is 9.31 Å². The van der Waals surface area contributed by atoms with E-state index in [1.165, 1.54) is 0 Å². The van der Waals surface area contributed by atoms with Crippen molar-refractivity contribution >= 4 is 24.3 Å². The molecule has 6 heteroatoms. The third-order valence-corrected chi connectivity index (χ3v) is 4.16. The van der Waals surface area contributed by atoms with Crippen LogP contribution in [0, 0.1) is 0 Å². The van der Waals surface area contributed by atoms with Gasteiger partial charge in [-0.2, -0.15) is 0 Å². The topological polar surface area (TPSA) is 57.4 Å². The summed E-state index contributed by atoms with van der Waals surface area (Å²) in [7, 11) is -0.559. The maximum Gasteiger partial charge on any atom is 0.516 e. The van der Waals surface area contributed by atoms with Crippen molar-refractivity contribution in [2.45, 2.75) is 51.9 Å². The number of aromatic nitrogens is 1. The van der Waals surface area contributed by atoms with Crippen molar-refractivity contribution in [1.29, 1.82) is 0 Å². The van der Waals surface area contributed by atoms with Crippen LogP contribution in [0.5, 0.6) is 0 Å². The molecular weight excluding hydrogens is 262 g/mol. The number of halogens is 1. The van der Waals surface area contributed by atoms with E-state index in [-0.39, 0.29) is 6.04 Å². The summed E-state index contributed by atoms with van der Waals surface area (Å²) in [5.41, 5.74) is 6.40. The lowest BCUT2D eigenvalue weighted by Gasteiger charge is -2.32. The van der Waals surface area contributed by atoms with Crippen LogP contribution in [-0.4, -0.2) is 23.3 Å². The number of nitrogens with two attached hydrogens (primary N) is 1. The van der Waals surface area contributed by atoms with Crippen LogP contribution in [0.15, 0.2) is 12.1 Å². The maximum absolute atomic E-state index is 6.20. The van der Waals surface area contributed by atoms with E-state index in [4.69, 9.17) is 26.6 Å². The molecule has 1 aromatic heterocycles. The second-order valence-electron chi connectivity index (χ2n) is 5.98. The summed E-state index contributed by atoms with van der Waals surface area (Å²) in [6, 6.07) is 3.45. The van der Waals surface area contributed by atoms with E-state index in [0.717, 1.165) is 5.69 Å². The SMILES string of the molecule is CC(N)c1ccc(Cl)c(B2OC(C)(C)C(C)(C)O2)n1. The smallest absolute Gasteiger partial charge is 0.398 e. The summed E-state index contributed by atoms with van der Waals surface area (Å²) in [6.45, 7) is 9.86. The monoisotopic (exact) mass is 282 g/mol. The van der Waals surface area contributed by atoms with Gasteiger partial charge in [-0.15, -0.1) is 0 Å². The first-order valence-corrected chi connectivity index (χ1v) is 6.79. The molecule has 104 valence electrons. The minimum atomic E-state index is -0.559. The lowest BCUT2D eigenvalue weighted by atomic mass is 9.84. The van der Waals surface area contributed by atoms with Crippen molar-refractivity contribution in [2.75, 3.05) is 0 Å². The number of hydrogen-bond donors (Lipinski definition) is 1. The van der Waals surface area contributed by atoms with Crippen molar-refractivity contribution in [3.63, 3.8) is 0 Å². The fourth-order valence-corrected chi connectivity index (χ4v) is 2.04. The average Bonchev–Trinajstić information content (AvgIpc) is 2.48. The Hall–Kier alpha value is -0.615. The lowest BCUT2D eigenvalue weighted by Crippen LogP contribution is -2.41. The highest BCUT2D eigenvalue weighted by atomic mass is 35.5. The molecule has 0 spiro atoms. The number of hydrogen-bond acceptors (Lipinski definition) is 4. The zero-order valence-corrected chi connectivity index (χ0v) is 12.8. The van der Waals surface area contributed by atoms with Gasteiger partial charge in [0.1, 0.15) is 0 Å². The minimum absolute atomic E-state index is 0.154. The molecule has 1 fully saturated rings. The van der Waals surface area contributed by atoms with Gasteiger partial charge in [-0.05, 0) is 46.8 Å². The molecule has 0 aliphatic carbocycles. The van der Waals surface area contributed by atoms with Gasteiger partial charge >= 0.3 is 7.12 Å². The lowest BCUT2D eigenvalue weighted by molar-refractivity contribution is 0.00578. The van der Waals surface area contributed by atoms with Gasteiger partial charge in [0.2, 0.25) is 0 Å². The quantitative estimate of drug-likeness (QED) is 0.844. The molecule has 4 nitrogen and oxygen atoms in total. The first-order valence-electron chi connectivity index (χ1n) is 6.41. The predicted octanol–water partition coefficient (Wildman–Crippen LogP) is 2.05. The summed E-state index contributed by atoms with van der Waals surface area (Å²) in [5, 5.41) is 0.530. The molecule has 1 unspecified atom stereocenters. The van der Waals surface area contributed by atoms with Crippen molar-refractivity contribution in [3.8, 4) is 0 Å². The van der Waals surface area contributed by atoms with Gasteiger partial charge in [0.05, 0.1) is 27.5 Å². The van der Waals surface area contributed by atoms with Gasteiger partial charge in [0.15, 0.2) is 0 Å². The van der Waals surface area contributed by atoms with Gasteiger partial charge in [0, 0.05) is 6.04 Å². The van der Waals surface area contributed by atoms with Crippen LogP contribution in [0.1, 0.15) is 46.4 Å². The molecule has 2 heterocycles. The molecule has 0 bridgehead atoms. The van der Waals surface area contributed by atoms with Gasteiger partial charge in [-0.1, -0.05) is 11.6 Å². The largest absolute Gasteiger partial charge is 0.516 e. The molecule has 0 amide bonds. The van der Waals surface area contributed by atoms with Gasteiger partial charge in [-0.3, -0.25) is 4.98 Å². The molecule has 0 aromatic carbocycles. The van der Waals surface area contributed by atoms with E-state index >= 15 is 0 Å². The Bertz CT molecular complexity index is 476. The standard InChI is InChI=1S/C13H20BClN2O2/c1-8(16)10-7-6-9(15)11(17-10)14-18-12(2,3)13(4,5)19-14/h6-8H,16H2,1-5H3. The van der Waals surface area contributed by atoms with Crippen LogP contribution in [0.4, 0.5) is 0 Å². The first-order chi connectivity index (χ1) is 8.64. The number of rotatable bonds is 2. The van der Waals surface area contributed by atoms with E-state index < -0.39 is 18.3 Å². The van der Waals surface area contributed by atoms with Crippen molar-refractivity contribution in [1.82, 2.24) is 4.98 Å². The molecule has 1 aliphatic rings. The summed E-state index contributed by atoms with van der Waals surface area (Å²) >= 11 is 6.20. The Kier molecular flexibility index (Phi) is 3.69. The molecule has 2 N–H and O–H groups in total. The Morgan fingerprint density at radius 3 is 2.21 bits per heavy atom. The third kappa shape index (κ3) is 2.65. The molecule has 1 aromatic rings. The van der Waals surface area contributed by atoms with Crippen LogP contribution in [0.2, 0.25) is 5.02 Å². The maximum atomic E-state index is 6.20. The molecule has 0 radical (unpaired) electrons. The van der Waals surface area contributed by atoms with Gasteiger partial charge in [-0.25, -0.2) is 0 Å². The Balaban J connectivity index is 2.36. The molecule has 2 rings (SSSR count). The highest BCUT2D eigenvalue weighted by molar-refractivity contribution is 6.64. The van der Waals surface area contributed by atoms with E-state index in [9.17, 15) is 0 Å². The van der Waals surface area contributed by atoms with Gasteiger partial charge < -0.3 is 15.0 Å². The number of pyridine rings is 1. The molecule has 0 saturated carbocycles.